The molecule has 2 N–H and O–H groups in total. The van der Waals surface area contributed by atoms with Gasteiger partial charge in [0.25, 0.3) is 5.91 Å². The first kappa shape index (κ1) is 13.7. The molecule has 19 heavy (non-hydrogen) atoms. The van der Waals surface area contributed by atoms with E-state index in [2.05, 4.69) is 5.32 Å². The van der Waals surface area contributed by atoms with Crippen LogP contribution in [0.15, 0.2) is 18.2 Å². The Balaban J connectivity index is 2.05. The molecule has 1 aliphatic rings. The number of benzene rings is 1. The standard InChI is InChI=1S/C14H19NO4/c1-18-10-4-5-11(12(8-10)19-2)13(16)15-9-14(17)6-3-7-14/h4-5,8,17H,3,6-7,9H2,1-2H3,(H,15,16). The molecule has 1 fully saturated rings. The minimum absolute atomic E-state index is 0.250. The molecular weight excluding hydrogens is 246 g/mol. The molecule has 0 aliphatic heterocycles. The van der Waals surface area contributed by atoms with Crippen LogP contribution in [0.4, 0.5) is 0 Å². The van der Waals surface area contributed by atoms with Crippen LogP contribution in [-0.4, -0.2) is 37.4 Å². The van der Waals surface area contributed by atoms with Crippen LogP contribution in [0.3, 0.4) is 0 Å². The van der Waals surface area contributed by atoms with Gasteiger partial charge in [-0.3, -0.25) is 4.79 Å². The molecule has 1 amide bonds. The highest BCUT2D eigenvalue weighted by molar-refractivity contribution is 5.97. The van der Waals surface area contributed by atoms with Crippen LogP contribution < -0.4 is 14.8 Å². The number of nitrogens with one attached hydrogen (secondary N) is 1. The van der Waals surface area contributed by atoms with Crippen molar-refractivity contribution in [3.63, 3.8) is 0 Å². The number of carbonyl (C=O) groups is 1. The summed E-state index contributed by atoms with van der Waals surface area (Å²) >= 11 is 0. The van der Waals surface area contributed by atoms with E-state index in [9.17, 15) is 9.90 Å². The van der Waals surface area contributed by atoms with E-state index in [1.807, 2.05) is 0 Å². The van der Waals surface area contributed by atoms with Crippen molar-refractivity contribution < 1.29 is 19.4 Å². The summed E-state index contributed by atoms with van der Waals surface area (Å²) in [5.41, 5.74) is -0.291. The number of rotatable bonds is 5. The van der Waals surface area contributed by atoms with Gasteiger partial charge in [-0.15, -0.1) is 0 Å². The Bertz CT molecular complexity index is 469. The predicted octanol–water partition coefficient (Wildman–Crippen LogP) is 1.35. The largest absolute Gasteiger partial charge is 0.497 e. The summed E-state index contributed by atoms with van der Waals surface area (Å²) in [6.07, 6.45) is 2.50. The third kappa shape index (κ3) is 2.98. The highest BCUT2D eigenvalue weighted by Gasteiger charge is 2.34. The molecule has 0 radical (unpaired) electrons. The van der Waals surface area contributed by atoms with Gasteiger partial charge in [0.05, 0.1) is 25.4 Å². The zero-order valence-corrected chi connectivity index (χ0v) is 11.2. The minimum Gasteiger partial charge on any atom is -0.497 e. The number of ether oxygens (including phenoxy) is 2. The van der Waals surface area contributed by atoms with Crippen molar-refractivity contribution in [3.8, 4) is 11.5 Å². The van der Waals surface area contributed by atoms with Gasteiger partial charge in [-0.25, -0.2) is 0 Å². The van der Waals surface area contributed by atoms with Gasteiger partial charge in [0, 0.05) is 12.6 Å². The number of aliphatic hydroxyl groups is 1. The van der Waals surface area contributed by atoms with Crippen molar-refractivity contribution in [2.24, 2.45) is 0 Å². The molecule has 0 aromatic heterocycles. The normalized spacial score (nSPS) is 16.4. The maximum absolute atomic E-state index is 12.1. The number of carbonyl (C=O) groups excluding carboxylic acids is 1. The molecule has 0 spiro atoms. The number of hydrogen-bond donors (Lipinski definition) is 2. The molecule has 1 aromatic carbocycles. The number of hydrogen-bond acceptors (Lipinski definition) is 4. The van der Waals surface area contributed by atoms with E-state index >= 15 is 0 Å². The molecule has 2 rings (SSSR count). The Hall–Kier alpha value is -1.75. The maximum atomic E-state index is 12.1. The van der Waals surface area contributed by atoms with Gasteiger partial charge in [0.1, 0.15) is 11.5 Å². The maximum Gasteiger partial charge on any atom is 0.255 e. The first-order chi connectivity index (χ1) is 9.08. The van der Waals surface area contributed by atoms with Crippen molar-refractivity contribution in [2.45, 2.75) is 24.9 Å². The van der Waals surface area contributed by atoms with E-state index < -0.39 is 5.60 Å². The third-order valence-electron chi connectivity index (χ3n) is 3.52. The molecular formula is C14H19NO4. The van der Waals surface area contributed by atoms with Crippen LogP contribution >= 0.6 is 0 Å². The zero-order valence-electron chi connectivity index (χ0n) is 11.2. The van der Waals surface area contributed by atoms with Crippen molar-refractivity contribution >= 4 is 5.91 Å². The summed E-state index contributed by atoms with van der Waals surface area (Å²) in [5, 5.41) is 12.7. The van der Waals surface area contributed by atoms with Gasteiger partial charge >= 0.3 is 0 Å². The van der Waals surface area contributed by atoms with E-state index in [1.165, 1.54) is 7.11 Å². The van der Waals surface area contributed by atoms with Gasteiger partial charge in [-0.2, -0.15) is 0 Å². The summed E-state index contributed by atoms with van der Waals surface area (Å²) in [6, 6.07) is 5.01. The molecule has 0 atom stereocenters. The molecule has 1 saturated carbocycles. The fourth-order valence-corrected chi connectivity index (χ4v) is 2.09. The predicted molar refractivity (Wildman–Crippen MR) is 70.7 cm³/mol. The second kappa shape index (κ2) is 5.48. The topological polar surface area (TPSA) is 67.8 Å². The van der Waals surface area contributed by atoms with E-state index in [-0.39, 0.29) is 12.5 Å². The van der Waals surface area contributed by atoms with Crippen molar-refractivity contribution in [1.29, 1.82) is 0 Å². The van der Waals surface area contributed by atoms with E-state index in [0.29, 0.717) is 17.1 Å². The van der Waals surface area contributed by atoms with Crippen LogP contribution in [0.1, 0.15) is 29.6 Å². The van der Waals surface area contributed by atoms with Gasteiger partial charge in [0.2, 0.25) is 0 Å². The quantitative estimate of drug-likeness (QED) is 0.843. The molecule has 0 saturated heterocycles. The first-order valence-electron chi connectivity index (χ1n) is 6.30. The highest BCUT2D eigenvalue weighted by atomic mass is 16.5. The van der Waals surface area contributed by atoms with Gasteiger partial charge in [-0.1, -0.05) is 0 Å². The molecule has 0 heterocycles. The summed E-state index contributed by atoms with van der Waals surface area (Å²) in [5.74, 6) is 0.836. The lowest BCUT2D eigenvalue weighted by atomic mass is 9.80. The Kier molecular flexibility index (Phi) is 3.95. The van der Waals surface area contributed by atoms with E-state index in [1.54, 1.807) is 25.3 Å². The second-order valence-electron chi connectivity index (χ2n) is 4.83. The van der Waals surface area contributed by atoms with Crippen LogP contribution in [0, 0.1) is 0 Å². The second-order valence-corrected chi connectivity index (χ2v) is 4.83. The lowest BCUT2D eigenvalue weighted by Gasteiger charge is -2.36. The molecule has 1 aliphatic carbocycles. The van der Waals surface area contributed by atoms with Gasteiger partial charge < -0.3 is 19.9 Å². The first-order valence-corrected chi connectivity index (χ1v) is 6.30. The average Bonchev–Trinajstić information content (AvgIpc) is 2.41. The summed E-state index contributed by atoms with van der Waals surface area (Å²) in [4.78, 5) is 12.1. The summed E-state index contributed by atoms with van der Waals surface area (Å²) < 4.78 is 10.3. The smallest absolute Gasteiger partial charge is 0.255 e. The SMILES string of the molecule is COc1ccc(C(=O)NCC2(O)CCC2)c(OC)c1. The fraction of sp³-hybridized carbons (Fsp3) is 0.500. The molecule has 5 nitrogen and oxygen atoms in total. The lowest BCUT2D eigenvalue weighted by Crippen LogP contribution is -2.47. The molecule has 0 unspecified atom stereocenters. The monoisotopic (exact) mass is 265 g/mol. The van der Waals surface area contributed by atoms with Crippen LogP contribution in [-0.2, 0) is 0 Å². The Morgan fingerprint density at radius 3 is 2.63 bits per heavy atom. The lowest BCUT2D eigenvalue weighted by molar-refractivity contribution is -0.0300. The summed E-state index contributed by atoms with van der Waals surface area (Å²) in [6.45, 7) is 0.279. The fourth-order valence-electron chi connectivity index (χ4n) is 2.09. The Morgan fingerprint density at radius 2 is 2.11 bits per heavy atom. The average molecular weight is 265 g/mol. The van der Waals surface area contributed by atoms with Crippen molar-refractivity contribution in [1.82, 2.24) is 5.32 Å². The zero-order chi connectivity index (χ0) is 13.9. The number of amides is 1. The van der Waals surface area contributed by atoms with Crippen LogP contribution in [0.25, 0.3) is 0 Å². The number of methoxy groups -OCH3 is 2. The van der Waals surface area contributed by atoms with Crippen LogP contribution in [0.5, 0.6) is 11.5 Å². The molecule has 5 heteroatoms. The summed E-state index contributed by atoms with van der Waals surface area (Å²) in [7, 11) is 3.06. The van der Waals surface area contributed by atoms with E-state index in [0.717, 1.165) is 19.3 Å². The van der Waals surface area contributed by atoms with Gasteiger partial charge in [0.15, 0.2) is 0 Å². The highest BCUT2D eigenvalue weighted by Crippen LogP contribution is 2.31. The minimum atomic E-state index is -0.727. The van der Waals surface area contributed by atoms with E-state index in [4.69, 9.17) is 9.47 Å². The Morgan fingerprint density at radius 1 is 1.37 bits per heavy atom. The molecule has 104 valence electrons. The van der Waals surface area contributed by atoms with Gasteiger partial charge in [-0.05, 0) is 31.4 Å². The molecule has 1 aromatic rings. The molecule has 0 bridgehead atoms. The van der Waals surface area contributed by atoms with Crippen molar-refractivity contribution in [2.75, 3.05) is 20.8 Å². The Labute approximate surface area is 112 Å². The third-order valence-corrected chi connectivity index (χ3v) is 3.52. The van der Waals surface area contributed by atoms with Crippen LogP contribution in [0.2, 0.25) is 0 Å². The van der Waals surface area contributed by atoms with Crippen molar-refractivity contribution in [3.05, 3.63) is 23.8 Å².